The third-order valence-corrected chi connectivity index (χ3v) is 9.62. The number of alkyl carbamates (subject to hydrolysis) is 6. The predicted molar refractivity (Wildman–Crippen MR) is 290 cm³/mol. The van der Waals surface area contributed by atoms with E-state index in [1.807, 2.05) is 0 Å². The summed E-state index contributed by atoms with van der Waals surface area (Å²) in [5.41, 5.74) is 4.78. The molecule has 0 aromatic carbocycles. The average molecular weight is 1220 g/mol. The molecule has 7 amide bonds. The minimum Gasteiger partial charge on any atom is -0.463 e. The number of hydrogen-bond donors (Lipinski definition) is 8. The third-order valence-electron chi connectivity index (χ3n) is 9.62. The molecule has 34 nitrogen and oxygen atoms in total. The Labute approximate surface area is 488 Å². The van der Waals surface area contributed by atoms with Gasteiger partial charge in [0.25, 0.3) is 0 Å². The van der Waals surface area contributed by atoms with Gasteiger partial charge in [0.2, 0.25) is 5.91 Å². The van der Waals surface area contributed by atoms with Crippen molar-refractivity contribution in [1.82, 2.24) is 37.2 Å². The smallest absolute Gasteiger partial charge is 0.407 e. The second-order valence-corrected chi connectivity index (χ2v) is 17.5. The van der Waals surface area contributed by atoms with Crippen LogP contribution in [0.3, 0.4) is 0 Å². The van der Waals surface area contributed by atoms with Gasteiger partial charge in [-0.3, -0.25) is 19.2 Å². The molecule has 0 fully saturated rings. The van der Waals surface area contributed by atoms with E-state index in [0.29, 0.717) is 13.2 Å². The first-order valence-electron chi connectivity index (χ1n) is 27.4. The van der Waals surface area contributed by atoms with Gasteiger partial charge in [-0.15, -0.1) is 0 Å². The Morgan fingerprint density at radius 1 is 0.274 bits per heavy atom. The molecule has 34 heteroatoms. The van der Waals surface area contributed by atoms with Gasteiger partial charge in [-0.25, -0.2) is 28.8 Å². The maximum atomic E-state index is 12.0. The third kappa shape index (κ3) is 55.9. The number of nitrogens with one attached hydrogen (secondary N) is 7. The first kappa shape index (κ1) is 77.3. The summed E-state index contributed by atoms with van der Waals surface area (Å²) >= 11 is 0. The number of nitrogens with two attached hydrogens (primary N) is 1. The summed E-state index contributed by atoms with van der Waals surface area (Å²) in [5.74, 6) is -1.49. The molecular weight excluding hydrogens is 1130 g/mol. The summed E-state index contributed by atoms with van der Waals surface area (Å²) in [6.07, 6.45) is -4.16. The first-order chi connectivity index (χ1) is 40.5. The number of carbonyl (C=O) groups is 10. The largest absolute Gasteiger partial charge is 0.463 e. The monoisotopic (exact) mass is 1220 g/mol. The van der Waals surface area contributed by atoms with Crippen LogP contribution in [-0.4, -0.2) is 271 Å². The fourth-order valence-electron chi connectivity index (χ4n) is 5.45. The number of hydrogen-bond acceptors (Lipinski definition) is 27. The molecule has 0 aliphatic carbocycles. The molecule has 0 aliphatic rings. The van der Waals surface area contributed by atoms with E-state index in [1.54, 1.807) is 20.8 Å². The minimum absolute atomic E-state index is 0.00432. The lowest BCUT2D eigenvalue weighted by Gasteiger charge is -2.15. The molecule has 0 heterocycles. The van der Waals surface area contributed by atoms with Crippen LogP contribution < -0.4 is 43.0 Å². The van der Waals surface area contributed by atoms with Crippen molar-refractivity contribution in [2.24, 2.45) is 11.1 Å². The van der Waals surface area contributed by atoms with E-state index < -0.39 is 59.8 Å². The van der Waals surface area contributed by atoms with Crippen molar-refractivity contribution in [2.75, 3.05) is 211 Å². The summed E-state index contributed by atoms with van der Waals surface area (Å²) in [5, 5.41) is 17.5. The van der Waals surface area contributed by atoms with Gasteiger partial charge in [-0.05, 0) is 0 Å². The summed E-state index contributed by atoms with van der Waals surface area (Å²) in [6.45, 7) is 9.01. The number of ether oxygens (including phenoxy) is 16. The number of amides is 7. The molecule has 0 spiro atoms. The summed E-state index contributed by atoms with van der Waals surface area (Å²) in [6, 6.07) is 0. The lowest BCUT2D eigenvalue weighted by molar-refractivity contribution is -0.147. The van der Waals surface area contributed by atoms with Gasteiger partial charge in [-0.1, -0.05) is 20.8 Å². The molecule has 0 saturated carbocycles. The molecule has 84 heavy (non-hydrogen) atoms. The summed E-state index contributed by atoms with van der Waals surface area (Å²) in [4.78, 5) is 118. The summed E-state index contributed by atoms with van der Waals surface area (Å²) < 4.78 is 81.9. The van der Waals surface area contributed by atoms with Crippen LogP contribution in [0.25, 0.3) is 0 Å². The molecule has 0 rings (SSSR count). The van der Waals surface area contributed by atoms with Crippen molar-refractivity contribution >= 4 is 60.2 Å². The molecule has 0 aromatic heterocycles. The van der Waals surface area contributed by atoms with E-state index >= 15 is 0 Å². The van der Waals surface area contributed by atoms with Crippen LogP contribution in [-0.2, 0) is 95.0 Å². The van der Waals surface area contributed by atoms with Crippen molar-refractivity contribution in [3.63, 3.8) is 0 Å². The number of esters is 2. The molecule has 0 bridgehead atoms. The van der Waals surface area contributed by atoms with Crippen LogP contribution in [0.4, 0.5) is 28.8 Å². The fourth-order valence-corrected chi connectivity index (χ4v) is 5.45. The molecule has 9 N–H and O–H groups in total. The van der Waals surface area contributed by atoms with Crippen molar-refractivity contribution in [3.05, 3.63) is 0 Å². The lowest BCUT2D eigenvalue weighted by Crippen LogP contribution is -2.31. The number of rotatable bonds is 53. The molecular formula is C50H90N8O26. The zero-order chi connectivity index (χ0) is 62.0. The summed E-state index contributed by atoms with van der Waals surface area (Å²) in [7, 11) is 0. The number of Topliss-reactive ketones (excluding diaryl/α,β-unsaturated/α-hetero) is 1. The molecule has 0 saturated heterocycles. The fraction of sp³-hybridized carbons (Fsp3) is 0.800. The number of ketones is 1. The predicted octanol–water partition coefficient (Wildman–Crippen LogP) is -1.19. The second kappa shape index (κ2) is 55.5. The SMILES string of the molecule is CC(C)(C)C(=O)CCC(=O)OCCOCCNC(=O)OCCOCCNC(=O)OCCOCCNC(=O)OCCOCCNC(=O)CCC(=O)OCCOCCNC(=O)OCCOCCNC(=O)OCCOCCNC(=O)OCCOCCN. The Bertz CT molecular complexity index is 1800. The van der Waals surface area contributed by atoms with Crippen molar-refractivity contribution < 1.29 is 124 Å². The van der Waals surface area contributed by atoms with Crippen LogP contribution in [0.5, 0.6) is 0 Å². The standard InChI is InChI=1S/C50H90N8O26/c1-50(2,3)40(59)4-6-42(61)77-32-24-71-18-10-53-45(64)81-36-28-75-22-15-58-49(68)84-39-31-74-21-13-56-47(66)80-35-27-70-17-9-52-41(60)5-7-43(62)78-33-25-72-19-11-54-46(65)82-37-29-76-23-14-57-48(67)83-38-30-73-20-12-55-44(63)79-34-26-69-16-8-51/h4-39,51H2,1-3H3,(H,52,60)(H,53,64)(H,54,65)(H,55,63)(H,56,66)(H,57,67)(H,58,68). The van der Waals surface area contributed by atoms with Crippen LogP contribution in [0.2, 0.25) is 0 Å². The Morgan fingerprint density at radius 3 is 0.750 bits per heavy atom. The quantitative estimate of drug-likeness (QED) is 0.0202. The Balaban J connectivity index is 3.51. The lowest BCUT2D eigenvalue weighted by atomic mass is 9.88. The van der Waals surface area contributed by atoms with Gasteiger partial charge < -0.3 is 119 Å². The number of carbonyl (C=O) groups excluding carboxylic acids is 10. The first-order valence-corrected chi connectivity index (χ1v) is 27.4. The van der Waals surface area contributed by atoms with E-state index in [0.717, 1.165) is 0 Å². The zero-order valence-electron chi connectivity index (χ0n) is 48.6. The van der Waals surface area contributed by atoms with Crippen molar-refractivity contribution in [3.8, 4) is 0 Å². The maximum Gasteiger partial charge on any atom is 0.407 e. The van der Waals surface area contributed by atoms with E-state index in [-0.39, 0.29) is 229 Å². The van der Waals surface area contributed by atoms with Crippen molar-refractivity contribution in [2.45, 2.75) is 46.5 Å². The Hall–Kier alpha value is -6.66. The van der Waals surface area contributed by atoms with Crippen molar-refractivity contribution in [1.29, 1.82) is 0 Å². The van der Waals surface area contributed by atoms with E-state index in [4.69, 9.17) is 81.5 Å². The second-order valence-electron chi connectivity index (χ2n) is 17.5. The van der Waals surface area contributed by atoms with Crippen LogP contribution >= 0.6 is 0 Å². The van der Waals surface area contributed by atoms with Gasteiger partial charge in [0, 0.05) is 70.6 Å². The molecule has 0 unspecified atom stereocenters. The van der Waals surface area contributed by atoms with Gasteiger partial charge >= 0.3 is 48.5 Å². The molecule has 486 valence electrons. The van der Waals surface area contributed by atoms with E-state index in [1.165, 1.54) is 0 Å². The van der Waals surface area contributed by atoms with Gasteiger partial charge in [0.15, 0.2) is 0 Å². The van der Waals surface area contributed by atoms with E-state index in [9.17, 15) is 47.9 Å². The van der Waals surface area contributed by atoms with Crippen LogP contribution in [0.15, 0.2) is 0 Å². The zero-order valence-corrected chi connectivity index (χ0v) is 48.6. The molecule has 0 radical (unpaired) electrons. The molecule has 0 aromatic rings. The highest BCUT2D eigenvalue weighted by molar-refractivity contribution is 5.86. The molecule has 0 atom stereocenters. The minimum atomic E-state index is -0.699. The van der Waals surface area contributed by atoms with Gasteiger partial charge in [0.1, 0.15) is 58.6 Å². The van der Waals surface area contributed by atoms with Gasteiger partial charge in [-0.2, -0.15) is 0 Å². The van der Waals surface area contributed by atoms with Crippen LogP contribution in [0, 0.1) is 5.41 Å². The normalized spacial score (nSPS) is 10.8. The maximum absolute atomic E-state index is 12.0. The Kier molecular flexibility index (Phi) is 51.1. The topological polar surface area (TPSA) is 429 Å². The van der Waals surface area contributed by atoms with Gasteiger partial charge in [0.05, 0.1) is 119 Å². The van der Waals surface area contributed by atoms with E-state index in [2.05, 4.69) is 37.2 Å². The highest BCUT2D eigenvalue weighted by Crippen LogP contribution is 2.17. The molecule has 0 aliphatic heterocycles. The highest BCUT2D eigenvalue weighted by Gasteiger charge is 2.22. The average Bonchev–Trinajstić information content (AvgIpc) is 3.50. The highest BCUT2D eigenvalue weighted by atomic mass is 16.6. The van der Waals surface area contributed by atoms with Crippen LogP contribution in [0.1, 0.15) is 46.5 Å². The Morgan fingerprint density at radius 2 is 0.500 bits per heavy atom.